The highest BCUT2D eigenvalue weighted by atomic mass is 35.5. The van der Waals surface area contributed by atoms with Crippen LogP contribution in [0.2, 0.25) is 10.0 Å². The van der Waals surface area contributed by atoms with Crippen molar-refractivity contribution in [3.05, 3.63) is 33.8 Å². The number of carbonyl (C=O) groups is 1. The van der Waals surface area contributed by atoms with E-state index in [0.29, 0.717) is 22.2 Å². The van der Waals surface area contributed by atoms with Crippen LogP contribution >= 0.6 is 23.2 Å². The Morgan fingerprint density at radius 2 is 2.05 bits per heavy atom. The number of benzene rings is 1. The van der Waals surface area contributed by atoms with Gasteiger partial charge in [-0.25, -0.2) is 0 Å². The fourth-order valence-electron chi connectivity index (χ4n) is 2.19. The van der Waals surface area contributed by atoms with Gasteiger partial charge in [-0.2, -0.15) is 0 Å². The molecule has 1 N–H and O–H groups in total. The van der Waals surface area contributed by atoms with Gasteiger partial charge in [0.1, 0.15) is 0 Å². The third-order valence-corrected chi connectivity index (χ3v) is 4.03. The molecule has 6 heteroatoms. The summed E-state index contributed by atoms with van der Waals surface area (Å²) in [7, 11) is 1.79. The molecule has 0 aliphatic carbocycles. The lowest BCUT2D eigenvalue weighted by Crippen LogP contribution is -2.46. The van der Waals surface area contributed by atoms with Crippen LogP contribution in [0.3, 0.4) is 0 Å². The smallest absolute Gasteiger partial charge is 0.255 e. The molecule has 0 aromatic heterocycles. The number of hydrogen-bond donors (Lipinski definition) is 1. The molecule has 0 radical (unpaired) electrons. The summed E-state index contributed by atoms with van der Waals surface area (Å²) in [4.78, 5) is 16.4. The zero-order chi connectivity index (χ0) is 14.5. The van der Waals surface area contributed by atoms with Crippen molar-refractivity contribution in [2.45, 2.75) is 0 Å². The van der Waals surface area contributed by atoms with Crippen LogP contribution in [0, 0.1) is 0 Å². The van der Waals surface area contributed by atoms with Gasteiger partial charge in [-0.15, -0.1) is 0 Å². The van der Waals surface area contributed by atoms with Gasteiger partial charge < -0.3 is 10.2 Å². The molecular formula is C14H19Cl2N3O. The second kappa shape index (κ2) is 7.27. The Hall–Kier alpha value is -0.810. The summed E-state index contributed by atoms with van der Waals surface area (Å²) in [6.07, 6.45) is 0. The highest BCUT2D eigenvalue weighted by Crippen LogP contribution is 2.21. The van der Waals surface area contributed by atoms with E-state index in [4.69, 9.17) is 23.2 Å². The first-order valence-electron chi connectivity index (χ1n) is 6.71. The summed E-state index contributed by atoms with van der Waals surface area (Å²) >= 11 is 12.0. The second-order valence-corrected chi connectivity index (χ2v) is 5.79. The van der Waals surface area contributed by atoms with Gasteiger partial charge in [-0.3, -0.25) is 9.69 Å². The van der Waals surface area contributed by atoms with Crippen molar-refractivity contribution in [3.63, 3.8) is 0 Å². The van der Waals surface area contributed by atoms with E-state index < -0.39 is 0 Å². The summed E-state index contributed by atoms with van der Waals surface area (Å²) in [6, 6.07) is 4.95. The van der Waals surface area contributed by atoms with Crippen molar-refractivity contribution < 1.29 is 4.79 Å². The first-order valence-corrected chi connectivity index (χ1v) is 7.47. The maximum Gasteiger partial charge on any atom is 0.255 e. The van der Waals surface area contributed by atoms with Crippen LogP contribution in [0.5, 0.6) is 0 Å². The minimum Gasteiger partial charge on any atom is -0.340 e. The third kappa shape index (κ3) is 4.09. The van der Waals surface area contributed by atoms with E-state index in [1.165, 1.54) is 0 Å². The van der Waals surface area contributed by atoms with Gasteiger partial charge in [0.05, 0.1) is 10.6 Å². The maximum atomic E-state index is 12.3. The number of nitrogens with one attached hydrogen (secondary N) is 1. The van der Waals surface area contributed by atoms with Gasteiger partial charge in [-0.05, 0) is 18.2 Å². The Bertz CT molecular complexity index is 475. The van der Waals surface area contributed by atoms with Gasteiger partial charge in [0.15, 0.2) is 0 Å². The fraction of sp³-hybridized carbons (Fsp3) is 0.500. The first kappa shape index (κ1) is 15.6. The number of halogens is 2. The number of nitrogens with zero attached hydrogens (tertiary/aromatic N) is 2. The molecule has 0 unspecified atom stereocenters. The average Bonchev–Trinajstić information content (AvgIpc) is 2.47. The van der Waals surface area contributed by atoms with E-state index in [-0.39, 0.29) is 5.91 Å². The minimum absolute atomic E-state index is 0.0902. The Morgan fingerprint density at radius 1 is 1.35 bits per heavy atom. The molecule has 4 nitrogen and oxygen atoms in total. The molecular weight excluding hydrogens is 297 g/mol. The van der Waals surface area contributed by atoms with E-state index in [2.05, 4.69) is 10.2 Å². The van der Waals surface area contributed by atoms with Gasteiger partial charge in [-0.1, -0.05) is 23.2 Å². The third-order valence-electron chi connectivity index (χ3n) is 3.47. The summed E-state index contributed by atoms with van der Waals surface area (Å²) in [5, 5.41) is 4.27. The number of likely N-dealkylation sites (N-methyl/N-ethyl adjacent to an activating group) is 1. The van der Waals surface area contributed by atoms with Crippen LogP contribution in [0.15, 0.2) is 18.2 Å². The van der Waals surface area contributed by atoms with Crippen molar-refractivity contribution in [1.29, 1.82) is 0 Å². The highest BCUT2D eigenvalue weighted by Gasteiger charge is 2.17. The summed E-state index contributed by atoms with van der Waals surface area (Å²) < 4.78 is 0. The van der Waals surface area contributed by atoms with Crippen molar-refractivity contribution in [2.75, 3.05) is 46.3 Å². The SMILES string of the molecule is CN(CCN1CCNCC1)C(=O)c1cc(Cl)ccc1Cl. The standard InChI is InChI=1S/C14H19Cl2N3O/c1-18(8-9-19-6-4-17-5-7-19)14(20)12-10-11(15)2-3-13(12)16/h2-3,10,17H,4-9H2,1H3. The van der Waals surface area contributed by atoms with E-state index in [0.717, 1.165) is 32.7 Å². The Morgan fingerprint density at radius 3 is 2.75 bits per heavy atom. The zero-order valence-electron chi connectivity index (χ0n) is 11.5. The Balaban J connectivity index is 1.92. The van der Waals surface area contributed by atoms with Crippen molar-refractivity contribution in [3.8, 4) is 0 Å². The molecule has 110 valence electrons. The van der Waals surface area contributed by atoms with Crippen LogP contribution in [-0.4, -0.2) is 62.0 Å². The summed E-state index contributed by atoms with van der Waals surface area (Å²) in [5.41, 5.74) is 0.460. The van der Waals surface area contributed by atoms with E-state index in [1.807, 2.05) is 0 Å². The van der Waals surface area contributed by atoms with Crippen LogP contribution < -0.4 is 5.32 Å². The van der Waals surface area contributed by atoms with E-state index in [1.54, 1.807) is 30.1 Å². The van der Waals surface area contributed by atoms with Crippen LogP contribution in [0.1, 0.15) is 10.4 Å². The molecule has 0 spiro atoms. The molecule has 0 bridgehead atoms. The number of piperazine rings is 1. The van der Waals surface area contributed by atoms with E-state index >= 15 is 0 Å². The summed E-state index contributed by atoms with van der Waals surface area (Å²) in [5.74, 6) is -0.0902. The molecule has 0 saturated carbocycles. The molecule has 1 aliphatic rings. The lowest BCUT2D eigenvalue weighted by molar-refractivity contribution is 0.0775. The average molecular weight is 316 g/mol. The largest absolute Gasteiger partial charge is 0.340 e. The molecule has 20 heavy (non-hydrogen) atoms. The zero-order valence-corrected chi connectivity index (χ0v) is 13.0. The van der Waals surface area contributed by atoms with Crippen molar-refractivity contribution in [2.24, 2.45) is 0 Å². The normalized spacial score (nSPS) is 16.1. The molecule has 1 fully saturated rings. The van der Waals surface area contributed by atoms with Crippen molar-refractivity contribution in [1.82, 2.24) is 15.1 Å². The van der Waals surface area contributed by atoms with E-state index in [9.17, 15) is 4.79 Å². The molecule has 0 atom stereocenters. The molecule has 1 amide bonds. The highest BCUT2D eigenvalue weighted by molar-refractivity contribution is 6.35. The lowest BCUT2D eigenvalue weighted by atomic mass is 10.2. The number of amides is 1. The molecule has 1 heterocycles. The minimum atomic E-state index is -0.0902. The lowest BCUT2D eigenvalue weighted by Gasteiger charge is -2.29. The summed E-state index contributed by atoms with van der Waals surface area (Å²) in [6.45, 7) is 5.64. The molecule has 1 aromatic carbocycles. The predicted octanol–water partition coefficient (Wildman–Crippen LogP) is 1.97. The molecule has 2 rings (SSSR count). The number of rotatable bonds is 4. The number of hydrogen-bond acceptors (Lipinski definition) is 3. The molecule has 1 aromatic rings. The Labute approximate surface area is 129 Å². The fourth-order valence-corrected chi connectivity index (χ4v) is 2.57. The quantitative estimate of drug-likeness (QED) is 0.922. The van der Waals surface area contributed by atoms with Crippen LogP contribution in [0.4, 0.5) is 0 Å². The number of carbonyl (C=O) groups excluding carboxylic acids is 1. The second-order valence-electron chi connectivity index (χ2n) is 4.94. The predicted molar refractivity (Wildman–Crippen MR) is 82.7 cm³/mol. The van der Waals surface area contributed by atoms with Gasteiger partial charge in [0.25, 0.3) is 5.91 Å². The van der Waals surface area contributed by atoms with Crippen LogP contribution in [-0.2, 0) is 0 Å². The molecule has 1 saturated heterocycles. The monoisotopic (exact) mass is 315 g/mol. The Kier molecular flexibility index (Phi) is 5.66. The first-order chi connectivity index (χ1) is 9.58. The van der Waals surface area contributed by atoms with Gasteiger partial charge in [0, 0.05) is 51.3 Å². The van der Waals surface area contributed by atoms with Gasteiger partial charge in [0.2, 0.25) is 0 Å². The van der Waals surface area contributed by atoms with Crippen LogP contribution in [0.25, 0.3) is 0 Å². The van der Waals surface area contributed by atoms with Crippen molar-refractivity contribution >= 4 is 29.1 Å². The maximum absolute atomic E-state index is 12.3. The molecule has 1 aliphatic heterocycles. The van der Waals surface area contributed by atoms with Gasteiger partial charge >= 0.3 is 0 Å². The topological polar surface area (TPSA) is 35.6 Å².